The number of rotatable bonds is 4. The number of hydrogen-bond donors (Lipinski definition) is 1. The van der Waals surface area contributed by atoms with Gasteiger partial charge in [-0.15, -0.1) is 0 Å². The number of phosphoric ester groups is 1. The van der Waals surface area contributed by atoms with Gasteiger partial charge in [-0.2, -0.15) is 0 Å². The van der Waals surface area contributed by atoms with E-state index in [-0.39, 0.29) is 0 Å². The smallest absolute Gasteiger partial charge is 0.302 e. The molecule has 11 heavy (non-hydrogen) atoms. The Balaban J connectivity index is 3.91. The molecule has 0 fully saturated rings. The molecule has 0 amide bonds. The highest BCUT2D eigenvalue weighted by atomic mass is 79.9. The summed E-state index contributed by atoms with van der Waals surface area (Å²) < 4.78 is 19.9. The lowest BCUT2D eigenvalue weighted by molar-refractivity contribution is 0.144. The van der Waals surface area contributed by atoms with Crippen LogP contribution in [0.3, 0.4) is 0 Å². The van der Waals surface area contributed by atoms with Gasteiger partial charge in [0.2, 0.25) is 0 Å². The van der Waals surface area contributed by atoms with Crippen molar-refractivity contribution in [3.63, 3.8) is 0 Å². The fraction of sp³-hybridized carbons (Fsp3) is 1.00. The Labute approximate surface area is 82.1 Å². The van der Waals surface area contributed by atoms with Crippen molar-refractivity contribution in [2.45, 2.75) is 23.9 Å². The largest absolute Gasteiger partial charge is 0.474 e. The summed E-state index contributed by atoms with van der Waals surface area (Å²) in [7, 11) is -3.90. The van der Waals surface area contributed by atoms with Crippen molar-refractivity contribution in [1.82, 2.24) is 0 Å². The molecule has 0 saturated carbocycles. The average molecular weight is 312 g/mol. The molecule has 2 atom stereocenters. The summed E-state index contributed by atoms with van der Waals surface area (Å²) >= 11 is 5.90. The van der Waals surface area contributed by atoms with Crippen molar-refractivity contribution < 1.29 is 18.5 Å². The van der Waals surface area contributed by atoms with Gasteiger partial charge in [-0.3, -0.25) is 9.05 Å². The zero-order chi connectivity index (χ0) is 9.07. The van der Waals surface area contributed by atoms with Crippen molar-refractivity contribution in [1.29, 1.82) is 0 Å². The van der Waals surface area contributed by atoms with Gasteiger partial charge >= 0.3 is 7.82 Å². The molecule has 0 aliphatic carbocycles. The van der Waals surface area contributed by atoms with Crippen molar-refractivity contribution in [3.05, 3.63) is 0 Å². The van der Waals surface area contributed by atoms with Crippen LogP contribution < -0.4 is 0 Å². The third kappa shape index (κ3) is 7.43. The monoisotopic (exact) mass is 310 g/mol. The van der Waals surface area contributed by atoms with E-state index in [0.29, 0.717) is 0 Å². The molecule has 7 heteroatoms. The minimum Gasteiger partial charge on any atom is -0.302 e. The third-order valence-electron chi connectivity index (χ3n) is 0.557. The van der Waals surface area contributed by atoms with Crippen molar-refractivity contribution in [2.24, 2.45) is 0 Å². The zero-order valence-electron chi connectivity index (χ0n) is 6.03. The predicted molar refractivity (Wildman–Crippen MR) is 48.8 cm³/mol. The first-order chi connectivity index (χ1) is 4.83. The molecule has 0 aliphatic heterocycles. The molecule has 1 N–H and O–H groups in total. The normalized spacial score (nSPS) is 22.3. The van der Waals surface area contributed by atoms with Crippen LogP contribution in [0.5, 0.6) is 0 Å². The Kier molecular flexibility index (Phi) is 5.42. The van der Waals surface area contributed by atoms with E-state index in [9.17, 15) is 4.57 Å². The van der Waals surface area contributed by atoms with E-state index >= 15 is 0 Å². The van der Waals surface area contributed by atoms with Crippen LogP contribution in [0.1, 0.15) is 13.8 Å². The minimum atomic E-state index is -3.90. The number of hydrogen-bond acceptors (Lipinski definition) is 3. The zero-order valence-corrected chi connectivity index (χ0v) is 10.1. The van der Waals surface area contributed by atoms with Crippen LogP contribution in [0.25, 0.3) is 0 Å². The van der Waals surface area contributed by atoms with Crippen molar-refractivity contribution >= 4 is 39.7 Å². The van der Waals surface area contributed by atoms with Gasteiger partial charge in [-0.1, -0.05) is 31.9 Å². The van der Waals surface area contributed by atoms with E-state index in [1.54, 1.807) is 13.8 Å². The SMILES string of the molecule is CC(Br)OP(=O)(O)OC(C)Br. The van der Waals surface area contributed by atoms with Gasteiger partial charge in [0.05, 0.1) is 0 Å². The molecule has 0 spiro atoms. The lowest BCUT2D eigenvalue weighted by atomic mass is 10.9. The summed E-state index contributed by atoms with van der Waals surface area (Å²) in [5, 5.41) is -1.02. The van der Waals surface area contributed by atoms with Crippen LogP contribution >= 0.6 is 39.7 Å². The Morgan fingerprint density at radius 1 is 1.27 bits per heavy atom. The van der Waals surface area contributed by atoms with Crippen LogP contribution in [0.15, 0.2) is 0 Å². The number of halogens is 2. The van der Waals surface area contributed by atoms with Crippen LogP contribution in [0, 0.1) is 0 Å². The molecule has 0 heterocycles. The first kappa shape index (κ1) is 12.1. The maximum atomic E-state index is 10.9. The molecule has 2 unspecified atom stereocenters. The molecule has 0 aromatic carbocycles. The number of alkyl halides is 2. The van der Waals surface area contributed by atoms with Crippen LogP contribution in [-0.4, -0.2) is 14.9 Å². The first-order valence-corrected chi connectivity index (χ1v) is 6.14. The summed E-state index contributed by atoms with van der Waals surface area (Å²) in [6, 6.07) is 0. The minimum absolute atomic E-state index is 0.510. The first-order valence-electron chi connectivity index (χ1n) is 2.81. The Morgan fingerprint density at radius 2 is 1.55 bits per heavy atom. The summed E-state index contributed by atoms with van der Waals surface area (Å²) in [5.41, 5.74) is 0. The van der Waals surface area contributed by atoms with E-state index in [0.717, 1.165) is 0 Å². The molecule has 0 radical (unpaired) electrons. The fourth-order valence-electron chi connectivity index (χ4n) is 0.392. The van der Waals surface area contributed by atoms with Crippen molar-refractivity contribution in [3.8, 4) is 0 Å². The highest BCUT2D eigenvalue weighted by Crippen LogP contribution is 2.47. The molecule has 4 nitrogen and oxygen atoms in total. The quantitative estimate of drug-likeness (QED) is 0.640. The van der Waals surface area contributed by atoms with Crippen LogP contribution in [0.4, 0.5) is 0 Å². The van der Waals surface area contributed by atoms with Crippen LogP contribution in [-0.2, 0) is 13.6 Å². The maximum absolute atomic E-state index is 10.9. The number of phosphoric acid groups is 1. The third-order valence-corrected chi connectivity index (χ3v) is 2.67. The second kappa shape index (κ2) is 4.94. The molecule has 68 valence electrons. The molecular weight excluding hydrogens is 303 g/mol. The van der Waals surface area contributed by atoms with Gasteiger partial charge < -0.3 is 4.89 Å². The standard InChI is InChI=1S/C4H9Br2O4P/c1-3(5)9-11(7,8)10-4(2)6/h3-4H,1-2H3,(H,7,8). The molecule has 0 rings (SSSR count). The molecule has 0 aromatic rings. The fourth-order valence-corrected chi connectivity index (χ4v) is 2.44. The molecular formula is C4H9Br2O4P. The molecule has 0 bridgehead atoms. The van der Waals surface area contributed by atoms with Gasteiger partial charge in [0.25, 0.3) is 0 Å². The van der Waals surface area contributed by atoms with Gasteiger partial charge in [-0.25, -0.2) is 4.57 Å². The predicted octanol–water partition coefficient (Wildman–Crippen LogP) is 2.60. The average Bonchev–Trinajstić information content (AvgIpc) is 1.53. The van der Waals surface area contributed by atoms with Gasteiger partial charge in [0.15, 0.2) is 0 Å². The molecule has 0 aliphatic rings. The van der Waals surface area contributed by atoms with E-state index in [1.807, 2.05) is 0 Å². The van der Waals surface area contributed by atoms with Gasteiger partial charge in [0.1, 0.15) is 10.0 Å². The lowest BCUT2D eigenvalue weighted by Gasteiger charge is -2.14. The van der Waals surface area contributed by atoms with E-state index in [1.165, 1.54) is 0 Å². The topological polar surface area (TPSA) is 55.8 Å². The van der Waals surface area contributed by atoms with Crippen molar-refractivity contribution in [2.75, 3.05) is 0 Å². The Hall–Kier alpha value is 1.07. The van der Waals surface area contributed by atoms with E-state index in [2.05, 4.69) is 40.9 Å². The highest BCUT2D eigenvalue weighted by molar-refractivity contribution is 9.09. The summed E-state index contributed by atoms with van der Waals surface area (Å²) in [5.74, 6) is 0. The molecule has 0 saturated heterocycles. The lowest BCUT2D eigenvalue weighted by Crippen LogP contribution is -2.03. The van der Waals surface area contributed by atoms with Crippen LogP contribution in [0.2, 0.25) is 0 Å². The summed E-state index contributed by atoms with van der Waals surface area (Å²) in [6.07, 6.45) is 0. The van der Waals surface area contributed by atoms with E-state index < -0.39 is 17.8 Å². The second-order valence-electron chi connectivity index (χ2n) is 1.77. The Bertz CT molecular complexity index is 146. The second-order valence-corrected chi connectivity index (χ2v) is 5.70. The summed E-state index contributed by atoms with van der Waals surface area (Å²) in [4.78, 5) is 8.91. The van der Waals surface area contributed by atoms with E-state index in [4.69, 9.17) is 4.89 Å². The van der Waals surface area contributed by atoms with Gasteiger partial charge in [-0.05, 0) is 13.8 Å². The maximum Gasteiger partial charge on any atom is 0.474 e. The summed E-state index contributed by atoms with van der Waals surface area (Å²) in [6.45, 7) is 3.15. The Morgan fingerprint density at radius 3 is 1.73 bits per heavy atom. The highest BCUT2D eigenvalue weighted by Gasteiger charge is 2.25. The van der Waals surface area contributed by atoms with Gasteiger partial charge in [0, 0.05) is 0 Å². The molecule has 0 aromatic heterocycles.